The van der Waals surface area contributed by atoms with Gasteiger partial charge < -0.3 is 15.4 Å². The lowest BCUT2D eigenvalue weighted by atomic mass is 10.1. The maximum Gasteiger partial charge on any atom is 0.228 e. The number of aryl methyl sites for hydroxylation is 1. The molecule has 1 unspecified atom stereocenters. The molecule has 134 valence electrons. The first-order valence-electron chi connectivity index (χ1n) is 8.68. The van der Waals surface area contributed by atoms with Crippen LogP contribution >= 0.6 is 0 Å². The lowest BCUT2D eigenvalue weighted by molar-refractivity contribution is -0.119. The number of hydrogen-bond donors (Lipinski definition) is 2. The predicted molar refractivity (Wildman–Crippen MR) is 99.8 cm³/mol. The molecule has 0 spiro atoms. The van der Waals surface area contributed by atoms with E-state index >= 15 is 0 Å². The number of carbonyl (C=O) groups is 1. The molecule has 0 aliphatic carbocycles. The first-order valence-corrected chi connectivity index (χ1v) is 8.68. The normalized spacial score (nSPS) is 17.3. The Hall–Kier alpha value is -2.77. The van der Waals surface area contributed by atoms with Gasteiger partial charge in [0.05, 0.1) is 25.3 Å². The highest BCUT2D eigenvalue weighted by molar-refractivity contribution is 5.94. The number of carbonyl (C=O) groups excluding carboxylic acids is 1. The third-order valence-corrected chi connectivity index (χ3v) is 4.44. The number of benzene rings is 1. The summed E-state index contributed by atoms with van der Waals surface area (Å²) in [5.74, 6) is 0.462. The number of aromatic nitrogens is 3. The minimum Gasteiger partial charge on any atom is -0.375 e. The SMILES string of the molecule is Cn1cc(-c2ccc3cnc(NC(=O)CC4CNCCO4)cc3c2)cn1. The van der Waals surface area contributed by atoms with Crippen molar-refractivity contribution in [1.82, 2.24) is 20.1 Å². The summed E-state index contributed by atoms with van der Waals surface area (Å²) in [6, 6.07) is 8.05. The molecule has 1 aromatic carbocycles. The first kappa shape index (κ1) is 16.7. The van der Waals surface area contributed by atoms with Gasteiger partial charge in [-0.3, -0.25) is 9.48 Å². The average Bonchev–Trinajstić information content (AvgIpc) is 3.08. The number of ether oxygens (including phenoxy) is 1. The summed E-state index contributed by atoms with van der Waals surface area (Å²) in [6.45, 7) is 2.18. The second-order valence-electron chi connectivity index (χ2n) is 6.48. The van der Waals surface area contributed by atoms with E-state index in [0.29, 0.717) is 25.4 Å². The van der Waals surface area contributed by atoms with E-state index in [9.17, 15) is 4.79 Å². The Morgan fingerprint density at radius 1 is 1.31 bits per heavy atom. The van der Waals surface area contributed by atoms with E-state index in [2.05, 4.69) is 26.8 Å². The Labute approximate surface area is 151 Å². The van der Waals surface area contributed by atoms with Crippen LogP contribution in [-0.4, -0.2) is 46.5 Å². The zero-order valence-electron chi connectivity index (χ0n) is 14.6. The molecule has 0 bridgehead atoms. The highest BCUT2D eigenvalue weighted by atomic mass is 16.5. The van der Waals surface area contributed by atoms with Crippen molar-refractivity contribution in [2.75, 3.05) is 25.0 Å². The lowest BCUT2D eigenvalue weighted by Crippen LogP contribution is -2.40. The van der Waals surface area contributed by atoms with E-state index < -0.39 is 0 Å². The van der Waals surface area contributed by atoms with Crippen molar-refractivity contribution in [3.63, 3.8) is 0 Å². The quantitative estimate of drug-likeness (QED) is 0.751. The molecular weight excluding hydrogens is 330 g/mol. The molecule has 3 heterocycles. The fourth-order valence-corrected chi connectivity index (χ4v) is 3.11. The summed E-state index contributed by atoms with van der Waals surface area (Å²) >= 11 is 0. The first-order chi connectivity index (χ1) is 12.7. The van der Waals surface area contributed by atoms with E-state index in [1.165, 1.54) is 0 Å². The van der Waals surface area contributed by atoms with Gasteiger partial charge in [-0.15, -0.1) is 0 Å². The highest BCUT2D eigenvalue weighted by Crippen LogP contribution is 2.25. The van der Waals surface area contributed by atoms with Crippen molar-refractivity contribution in [2.24, 2.45) is 7.05 Å². The van der Waals surface area contributed by atoms with E-state index in [4.69, 9.17) is 4.74 Å². The lowest BCUT2D eigenvalue weighted by Gasteiger charge is -2.22. The average molecular weight is 351 g/mol. The zero-order valence-corrected chi connectivity index (χ0v) is 14.6. The Morgan fingerprint density at radius 3 is 3.00 bits per heavy atom. The molecule has 26 heavy (non-hydrogen) atoms. The molecule has 3 aromatic rings. The molecule has 7 heteroatoms. The third-order valence-electron chi connectivity index (χ3n) is 4.44. The molecule has 0 saturated carbocycles. The predicted octanol–water partition coefficient (Wildman–Crippen LogP) is 1.95. The topological polar surface area (TPSA) is 81.1 Å². The maximum absolute atomic E-state index is 12.2. The molecule has 4 rings (SSSR count). The number of fused-ring (bicyclic) bond motifs is 1. The summed E-state index contributed by atoms with van der Waals surface area (Å²) in [4.78, 5) is 16.6. The standard InChI is InChI=1S/C19H21N5O2/c1-24-12-16(10-22-24)13-2-3-14-9-21-18(7-15(14)6-13)23-19(25)8-17-11-20-4-5-26-17/h2-3,6-7,9-10,12,17,20H,4-5,8,11H2,1H3,(H,21,23,25). The summed E-state index contributed by atoms with van der Waals surface area (Å²) in [6.07, 6.45) is 5.83. The molecule has 1 aliphatic rings. The van der Waals surface area contributed by atoms with Crippen molar-refractivity contribution < 1.29 is 9.53 Å². The van der Waals surface area contributed by atoms with Crippen molar-refractivity contribution in [3.8, 4) is 11.1 Å². The second kappa shape index (κ2) is 7.23. The van der Waals surface area contributed by atoms with Crippen LogP contribution in [0.15, 0.2) is 42.9 Å². The van der Waals surface area contributed by atoms with Crippen LogP contribution in [0.25, 0.3) is 21.9 Å². The van der Waals surface area contributed by atoms with Crippen molar-refractivity contribution in [2.45, 2.75) is 12.5 Å². The number of rotatable bonds is 4. The summed E-state index contributed by atoms with van der Waals surface area (Å²) < 4.78 is 7.35. The Morgan fingerprint density at radius 2 is 2.23 bits per heavy atom. The molecule has 1 amide bonds. The number of pyridine rings is 1. The van der Waals surface area contributed by atoms with E-state index in [1.54, 1.807) is 10.9 Å². The van der Waals surface area contributed by atoms with E-state index in [1.807, 2.05) is 37.6 Å². The van der Waals surface area contributed by atoms with Gasteiger partial charge in [0.25, 0.3) is 0 Å². The van der Waals surface area contributed by atoms with Crippen molar-refractivity contribution in [3.05, 3.63) is 42.9 Å². The number of nitrogens with zero attached hydrogens (tertiary/aromatic N) is 3. The maximum atomic E-state index is 12.2. The third kappa shape index (κ3) is 3.74. The minimum absolute atomic E-state index is 0.0820. The summed E-state index contributed by atoms with van der Waals surface area (Å²) in [7, 11) is 1.90. The molecule has 2 N–H and O–H groups in total. The minimum atomic E-state index is -0.0889. The number of amides is 1. The number of nitrogens with one attached hydrogen (secondary N) is 2. The van der Waals surface area contributed by atoms with E-state index in [0.717, 1.165) is 28.4 Å². The number of anilines is 1. The summed E-state index contributed by atoms with van der Waals surface area (Å²) in [5.41, 5.74) is 2.13. The number of hydrogen-bond acceptors (Lipinski definition) is 5. The van der Waals surface area contributed by atoms with Crippen LogP contribution in [-0.2, 0) is 16.6 Å². The summed E-state index contributed by atoms with van der Waals surface area (Å²) in [5, 5.41) is 12.4. The van der Waals surface area contributed by atoms with Crippen LogP contribution in [0.1, 0.15) is 6.42 Å². The Kier molecular flexibility index (Phi) is 4.64. The fraction of sp³-hybridized carbons (Fsp3) is 0.316. The van der Waals surface area contributed by atoms with Gasteiger partial charge in [-0.25, -0.2) is 4.98 Å². The molecule has 7 nitrogen and oxygen atoms in total. The van der Waals surface area contributed by atoms with Gasteiger partial charge >= 0.3 is 0 Å². The van der Waals surface area contributed by atoms with Crippen LogP contribution in [0, 0.1) is 0 Å². The highest BCUT2D eigenvalue weighted by Gasteiger charge is 2.17. The van der Waals surface area contributed by atoms with Crippen molar-refractivity contribution in [1.29, 1.82) is 0 Å². The van der Waals surface area contributed by atoms with Gasteiger partial charge in [0.1, 0.15) is 5.82 Å². The van der Waals surface area contributed by atoms with Crippen LogP contribution in [0.4, 0.5) is 5.82 Å². The van der Waals surface area contributed by atoms with Crippen LogP contribution in [0.2, 0.25) is 0 Å². The Balaban J connectivity index is 1.51. The molecular formula is C19H21N5O2. The molecule has 1 fully saturated rings. The van der Waals surface area contributed by atoms with Gasteiger partial charge in [0, 0.05) is 43.5 Å². The number of morpholine rings is 1. The van der Waals surface area contributed by atoms with Gasteiger partial charge in [-0.1, -0.05) is 12.1 Å². The van der Waals surface area contributed by atoms with Crippen LogP contribution < -0.4 is 10.6 Å². The molecule has 1 saturated heterocycles. The largest absolute Gasteiger partial charge is 0.375 e. The van der Waals surface area contributed by atoms with Gasteiger partial charge in [-0.2, -0.15) is 5.10 Å². The van der Waals surface area contributed by atoms with Crippen molar-refractivity contribution >= 4 is 22.5 Å². The second-order valence-corrected chi connectivity index (χ2v) is 6.48. The Bertz CT molecular complexity index is 931. The van der Waals surface area contributed by atoms with Gasteiger partial charge in [-0.05, 0) is 23.1 Å². The monoisotopic (exact) mass is 351 g/mol. The fourth-order valence-electron chi connectivity index (χ4n) is 3.11. The molecule has 2 aromatic heterocycles. The molecule has 0 radical (unpaired) electrons. The van der Waals surface area contributed by atoms with Crippen LogP contribution in [0.3, 0.4) is 0 Å². The zero-order chi connectivity index (χ0) is 17.9. The van der Waals surface area contributed by atoms with Gasteiger partial charge in [0.2, 0.25) is 5.91 Å². The smallest absolute Gasteiger partial charge is 0.228 e. The van der Waals surface area contributed by atoms with E-state index in [-0.39, 0.29) is 12.0 Å². The molecule has 1 aliphatic heterocycles. The van der Waals surface area contributed by atoms with Gasteiger partial charge in [0.15, 0.2) is 0 Å². The van der Waals surface area contributed by atoms with Crippen LogP contribution in [0.5, 0.6) is 0 Å². The molecule has 1 atom stereocenters.